The standard InChI is InChI=1S/C14H29N5O/c1-6-14(8(2)7-13(4,17)20)10(11(16)9(3)15)12(18-5)19-14/h10,12,18-20H,2,6-7,15-17H2,1,3-5H3/b11-9+. The van der Waals surface area contributed by atoms with Crippen LogP contribution in [-0.4, -0.2) is 29.6 Å². The number of hydrogen-bond donors (Lipinski definition) is 6. The summed E-state index contributed by atoms with van der Waals surface area (Å²) in [7, 11) is 1.87. The Morgan fingerprint density at radius 2 is 2.05 bits per heavy atom. The number of rotatable bonds is 6. The van der Waals surface area contributed by atoms with Crippen molar-refractivity contribution in [2.24, 2.45) is 23.1 Å². The van der Waals surface area contributed by atoms with Gasteiger partial charge in [0.25, 0.3) is 0 Å². The van der Waals surface area contributed by atoms with Gasteiger partial charge >= 0.3 is 0 Å². The first-order chi connectivity index (χ1) is 9.09. The maximum absolute atomic E-state index is 9.83. The molecular formula is C14H29N5O. The van der Waals surface area contributed by atoms with Crippen molar-refractivity contribution in [2.75, 3.05) is 7.05 Å². The van der Waals surface area contributed by atoms with E-state index in [0.717, 1.165) is 12.0 Å². The molecule has 1 fully saturated rings. The van der Waals surface area contributed by atoms with Crippen molar-refractivity contribution in [3.8, 4) is 0 Å². The lowest BCUT2D eigenvalue weighted by Crippen LogP contribution is -2.77. The van der Waals surface area contributed by atoms with E-state index in [1.165, 1.54) is 0 Å². The summed E-state index contributed by atoms with van der Waals surface area (Å²) in [5.41, 5.74) is 18.2. The van der Waals surface area contributed by atoms with Crippen molar-refractivity contribution < 1.29 is 5.11 Å². The van der Waals surface area contributed by atoms with Crippen LogP contribution in [0.3, 0.4) is 0 Å². The molecule has 0 amide bonds. The lowest BCUT2D eigenvalue weighted by molar-refractivity contribution is 0.0321. The molecule has 0 aromatic carbocycles. The predicted octanol–water partition coefficient (Wildman–Crippen LogP) is -0.337. The van der Waals surface area contributed by atoms with E-state index in [1.54, 1.807) is 13.8 Å². The van der Waals surface area contributed by atoms with Crippen molar-refractivity contribution in [2.45, 2.75) is 51.0 Å². The molecule has 1 aliphatic rings. The molecule has 0 aliphatic carbocycles. The minimum absolute atomic E-state index is 0.00245. The Morgan fingerprint density at radius 1 is 1.50 bits per heavy atom. The molecule has 0 saturated carbocycles. The van der Waals surface area contributed by atoms with Crippen molar-refractivity contribution in [1.82, 2.24) is 10.6 Å². The number of aliphatic hydroxyl groups is 1. The molecule has 1 saturated heterocycles. The molecule has 1 aliphatic heterocycles. The minimum atomic E-state index is -1.29. The molecule has 116 valence electrons. The highest BCUT2D eigenvalue weighted by atomic mass is 16.3. The third kappa shape index (κ3) is 2.98. The fourth-order valence-electron chi connectivity index (χ4n) is 3.05. The quantitative estimate of drug-likeness (QED) is 0.293. The second kappa shape index (κ2) is 5.73. The SMILES string of the molecule is C=C(CC(C)(N)O)C1(CC)NC(NC)C1/C(N)=C(/C)N. The molecule has 0 spiro atoms. The van der Waals surface area contributed by atoms with E-state index in [2.05, 4.69) is 24.1 Å². The van der Waals surface area contributed by atoms with E-state index in [1.807, 2.05) is 7.05 Å². The van der Waals surface area contributed by atoms with E-state index in [-0.39, 0.29) is 17.6 Å². The van der Waals surface area contributed by atoms with Crippen LogP contribution in [-0.2, 0) is 0 Å². The Morgan fingerprint density at radius 3 is 2.40 bits per heavy atom. The van der Waals surface area contributed by atoms with Crippen molar-refractivity contribution in [3.63, 3.8) is 0 Å². The number of nitrogens with two attached hydrogens (primary N) is 3. The van der Waals surface area contributed by atoms with Gasteiger partial charge in [-0.3, -0.25) is 5.32 Å². The molecule has 0 bridgehead atoms. The average molecular weight is 283 g/mol. The molecule has 0 radical (unpaired) electrons. The van der Waals surface area contributed by atoms with Crippen molar-refractivity contribution in [3.05, 3.63) is 23.5 Å². The molecule has 0 aromatic heterocycles. The van der Waals surface area contributed by atoms with Gasteiger partial charge in [0.1, 0.15) is 5.72 Å². The van der Waals surface area contributed by atoms with Gasteiger partial charge in [0, 0.05) is 17.8 Å². The first-order valence-corrected chi connectivity index (χ1v) is 6.95. The van der Waals surface area contributed by atoms with Crippen LogP contribution in [0.1, 0.15) is 33.6 Å². The van der Waals surface area contributed by atoms with Crippen LogP contribution in [0, 0.1) is 5.92 Å². The Labute approximate surface area is 121 Å². The highest BCUT2D eigenvalue weighted by molar-refractivity contribution is 5.35. The van der Waals surface area contributed by atoms with Gasteiger partial charge in [0.05, 0.1) is 17.6 Å². The van der Waals surface area contributed by atoms with E-state index < -0.39 is 5.72 Å². The third-order valence-corrected chi connectivity index (χ3v) is 4.14. The molecule has 4 atom stereocenters. The lowest BCUT2D eigenvalue weighted by atomic mass is 9.64. The summed E-state index contributed by atoms with van der Waals surface area (Å²) < 4.78 is 0. The summed E-state index contributed by atoms with van der Waals surface area (Å²) in [6.07, 6.45) is 1.13. The van der Waals surface area contributed by atoms with E-state index in [0.29, 0.717) is 17.8 Å². The van der Waals surface area contributed by atoms with Crippen LogP contribution in [0.2, 0.25) is 0 Å². The van der Waals surface area contributed by atoms with E-state index in [9.17, 15) is 5.11 Å². The fraction of sp³-hybridized carbons (Fsp3) is 0.714. The van der Waals surface area contributed by atoms with Gasteiger partial charge < -0.3 is 27.6 Å². The molecule has 0 aromatic rings. The Kier molecular flexibility index (Phi) is 4.86. The molecule has 4 unspecified atom stereocenters. The Bertz CT molecular complexity index is 408. The summed E-state index contributed by atoms with van der Waals surface area (Å²) in [4.78, 5) is 0. The minimum Gasteiger partial charge on any atom is -0.401 e. The first kappa shape index (κ1) is 17.0. The largest absolute Gasteiger partial charge is 0.401 e. The normalized spacial score (nSPS) is 33.9. The Balaban J connectivity index is 3.10. The maximum Gasteiger partial charge on any atom is 0.114 e. The highest BCUT2D eigenvalue weighted by Gasteiger charge is 2.55. The second-order valence-corrected chi connectivity index (χ2v) is 5.99. The average Bonchev–Trinajstić information content (AvgIpc) is 2.26. The smallest absolute Gasteiger partial charge is 0.114 e. The highest BCUT2D eigenvalue weighted by Crippen LogP contribution is 2.44. The van der Waals surface area contributed by atoms with Gasteiger partial charge in [-0.2, -0.15) is 0 Å². The maximum atomic E-state index is 9.83. The zero-order valence-corrected chi connectivity index (χ0v) is 13.0. The van der Waals surface area contributed by atoms with E-state index in [4.69, 9.17) is 17.2 Å². The van der Waals surface area contributed by atoms with Crippen LogP contribution >= 0.6 is 0 Å². The summed E-state index contributed by atoms with van der Waals surface area (Å²) >= 11 is 0. The zero-order chi connectivity index (χ0) is 15.7. The molecule has 9 N–H and O–H groups in total. The summed E-state index contributed by atoms with van der Waals surface area (Å²) in [5, 5.41) is 16.5. The van der Waals surface area contributed by atoms with Gasteiger partial charge in [-0.15, -0.1) is 0 Å². The van der Waals surface area contributed by atoms with Gasteiger partial charge in [0.15, 0.2) is 0 Å². The van der Waals surface area contributed by atoms with Gasteiger partial charge in [-0.1, -0.05) is 19.1 Å². The van der Waals surface area contributed by atoms with Crippen LogP contribution < -0.4 is 27.8 Å². The first-order valence-electron chi connectivity index (χ1n) is 6.95. The van der Waals surface area contributed by atoms with Crippen LogP contribution in [0.4, 0.5) is 0 Å². The number of nitrogens with one attached hydrogen (secondary N) is 2. The zero-order valence-electron chi connectivity index (χ0n) is 13.0. The second-order valence-electron chi connectivity index (χ2n) is 5.99. The lowest BCUT2D eigenvalue weighted by Gasteiger charge is -2.58. The van der Waals surface area contributed by atoms with Gasteiger partial charge in [-0.25, -0.2) is 0 Å². The molecule has 1 rings (SSSR count). The molecule has 20 heavy (non-hydrogen) atoms. The van der Waals surface area contributed by atoms with Crippen LogP contribution in [0.15, 0.2) is 23.5 Å². The number of allylic oxidation sites excluding steroid dienone is 1. The van der Waals surface area contributed by atoms with E-state index >= 15 is 0 Å². The summed E-state index contributed by atoms with van der Waals surface area (Å²) in [6.45, 7) is 9.54. The number of hydrogen-bond acceptors (Lipinski definition) is 6. The van der Waals surface area contributed by atoms with Crippen molar-refractivity contribution in [1.29, 1.82) is 0 Å². The third-order valence-electron chi connectivity index (χ3n) is 4.14. The van der Waals surface area contributed by atoms with Gasteiger partial charge in [0.2, 0.25) is 0 Å². The van der Waals surface area contributed by atoms with Gasteiger partial charge in [-0.05, 0) is 27.3 Å². The molecule has 1 heterocycles. The summed E-state index contributed by atoms with van der Waals surface area (Å²) in [5.74, 6) is -0.00245. The predicted molar refractivity (Wildman–Crippen MR) is 82.1 cm³/mol. The Hall–Kier alpha value is -1.08. The molecular weight excluding hydrogens is 254 g/mol. The molecule has 6 nitrogen and oxygen atoms in total. The monoisotopic (exact) mass is 283 g/mol. The van der Waals surface area contributed by atoms with Crippen LogP contribution in [0.5, 0.6) is 0 Å². The fourth-order valence-corrected chi connectivity index (χ4v) is 3.05. The summed E-state index contributed by atoms with van der Waals surface area (Å²) in [6, 6.07) is 0. The molecule has 6 heteroatoms. The van der Waals surface area contributed by atoms with Crippen LogP contribution in [0.25, 0.3) is 0 Å². The van der Waals surface area contributed by atoms with Crippen molar-refractivity contribution >= 4 is 0 Å². The topological polar surface area (TPSA) is 122 Å².